The Kier molecular flexibility index (Phi) is 8.71. The van der Waals surface area contributed by atoms with Crippen LogP contribution in [0, 0.1) is 0 Å². The zero-order valence-electron chi connectivity index (χ0n) is 12.8. The number of unbranched alkanes of at least 4 members (excludes halogenated alkanes) is 4. The number of carboxylic acid groups (broad SMARTS) is 1. The smallest absolute Gasteiger partial charge is 0.323 e. The van der Waals surface area contributed by atoms with Crippen molar-refractivity contribution in [1.29, 1.82) is 0 Å². The lowest BCUT2D eigenvalue weighted by Crippen LogP contribution is -2.45. The summed E-state index contributed by atoms with van der Waals surface area (Å²) < 4.78 is 0. The SMILES string of the molecule is CCCCCCC[C@@H](O)[C@@H](NCc1ccccc1)C(=O)O. The Morgan fingerprint density at radius 1 is 1.14 bits per heavy atom. The summed E-state index contributed by atoms with van der Waals surface area (Å²) >= 11 is 0. The molecule has 0 bridgehead atoms. The van der Waals surface area contributed by atoms with Gasteiger partial charge in [-0.25, -0.2) is 0 Å². The minimum Gasteiger partial charge on any atom is -0.480 e. The van der Waals surface area contributed by atoms with Gasteiger partial charge >= 0.3 is 5.97 Å². The third kappa shape index (κ3) is 7.25. The largest absolute Gasteiger partial charge is 0.480 e. The van der Waals surface area contributed by atoms with E-state index in [1.807, 2.05) is 30.3 Å². The van der Waals surface area contributed by atoms with Crippen molar-refractivity contribution >= 4 is 5.97 Å². The first-order valence-corrected chi connectivity index (χ1v) is 7.83. The monoisotopic (exact) mass is 293 g/mol. The van der Waals surface area contributed by atoms with E-state index in [0.717, 1.165) is 24.8 Å². The molecule has 0 fully saturated rings. The van der Waals surface area contributed by atoms with Crippen molar-refractivity contribution in [2.75, 3.05) is 0 Å². The molecule has 0 aliphatic carbocycles. The second-order valence-electron chi connectivity index (χ2n) is 5.45. The molecule has 0 radical (unpaired) electrons. The van der Waals surface area contributed by atoms with Crippen LogP contribution < -0.4 is 5.32 Å². The van der Waals surface area contributed by atoms with Crippen LogP contribution in [0.2, 0.25) is 0 Å². The van der Waals surface area contributed by atoms with E-state index in [-0.39, 0.29) is 0 Å². The Labute approximate surface area is 127 Å². The number of carboxylic acids is 1. The summed E-state index contributed by atoms with van der Waals surface area (Å²) in [5, 5.41) is 22.2. The molecular formula is C17H27NO3. The van der Waals surface area contributed by atoms with E-state index >= 15 is 0 Å². The third-order valence-electron chi connectivity index (χ3n) is 3.62. The van der Waals surface area contributed by atoms with Crippen molar-refractivity contribution in [3.05, 3.63) is 35.9 Å². The highest BCUT2D eigenvalue weighted by atomic mass is 16.4. The van der Waals surface area contributed by atoms with Crippen molar-refractivity contribution in [1.82, 2.24) is 5.32 Å². The molecule has 0 amide bonds. The fourth-order valence-corrected chi connectivity index (χ4v) is 2.34. The van der Waals surface area contributed by atoms with Crippen molar-refractivity contribution in [2.24, 2.45) is 0 Å². The Hall–Kier alpha value is -1.39. The molecule has 0 aliphatic rings. The minimum atomic E-state index is -0.994. The average molecular weight is 293 g/mol. The highest BCUT2D eigenvalue weighted by Gasteiger charge is 2.25. The highest BCUT2D eigenvalue weighted by Crippen LogP contribution is 2.10. The molecular weight excluding hydrogens is 266 g/mol. The van der Waals surface area contributed by atoms with Crippen molar-refractivity contribution in [3.8, 4) is 0 Å². The second-order valence-corrected chi connectivity index (χ2v) is 5.45. The lowest BCUT2D eigenvalue weighted by molar-refractivity contribution is -0.142. The summed E-state index contributed by atoms with van der Waals surface area (Å²) in [6.07, 6.45) is 5.14. The first-order chi connectivity index (χ1) is 10.1. The predicted octanol–water partition coefficient (Wildman–Crippen LogP) is 2.95. The summed E-state index contributed by atoms with van der Waals surface area (Å²) in [6.45, 7) is 2.60. The van der Waals surface area contributed by atoms with Gasteiger partial charge in [-0.15, -0.1) is 0 Å². The first kappa shape index (κ1) is 17.7. The lowest BCUT2D eigenvalue weighted by Gasteiger charge is -2.20. The number of nitrogens with one attached hydrogen (secondary N) is 1. The van der Waals surface area contributed by atoms with E-state index in [4.69, 9.17) is 0 Å². The van der Waals surface area contributed by atoms with Crippen LogP contribution in [0.25, 0.3) is 0 Å². The fraction of sp³-hybridized carbons (Fsp3) is 0.588. The molecule has 2 atom stereocenters. The quantitative estimate of drug-likeness (QED) is 0.549. The molecule has 0 saturated heterocycles. The predicted molar refractivity (Wildman–Crippen MR) is 84.1 cm³/mol. The molecule has 0 spiro atoms. The van der Waals surface area contributed by atoms with Crippen LogP contribution in [0.4, 0.5) is 0 Å². The summed E-state index contributed by atoms with van der Waals surface area (Å²) in [5.41, 5.74) is 1.01. The van der Waals surface area contributed by atoms with Gasteiger partial charge in [0.25, 0.3) is 0 Å². The average Bonchev–Trinajstić information content (AvgIpc) is 2.48. The second kappa shape index (κ2) is 10.4. The van der Waals surface area contributed by atoms with Crippen LogP contribution in [0.1, 0.15) is 51.0 Å². The number of rotatable bonds is 11. The van der Waals surface area contributed by atoms with Gasteiger partial charge in [0.2, 0.25) is 0 Å². The number of carbonyl (C=O) groups is 1. The molecule has 0 unspecified atom stereocenters. The van der Waals surface area contributed by atoms with Gasteiger partial charge in [-0.3, -0.25) is 10.1 Å². The van der Waals surface area contributed by atoms with Crippen molar-refractivity contribution < 1.29 is 15.0 Å². The topological polar surface area (TPSA) is 69.6 Å². The maximum atomic E-state index is 11.3. The van der Waals surface area contributed by atoms with Crippen molar-refractivity contribution in [2.45, 2.75) is 64.1 Å². The molecule has 0 aromatic heterocycles. The van der Waals surface area contributed by atoms with Gasteiger partial charge in [0.05, 0.1) is 6.10 Å². The third-order valence-corrected chi connectivity index (χ3v) is 3.62. The number of hydrogen-bond donors (Lipinski definition) is 3. The molecule has 21 heavy (non-hydrogen) atoms. The Morgan fingerprint density at radius 3 is 2.43 bits per heavy atom. The maximum absolute atomic E-state index is 11.3. The minimum absolute atomic E-state index is 0.449. The number of aliphatic hydroxyl groups is 1. The molecule has 1 rings (SSSR count). The number of hydrogen-bond acceptors (Lipinski definition) is 3. The molecule has 0 heterocycles. The molecule has 0 saturated carbocycles. The van der Waals surface area contributed by atoms with E-state index in [2.05, 4.69) is 12.2 Å². The van der Waals surface area contributed by atoms with Crippen LogP contribution >= 0.6 is 0 Å². The molecule has 0 aliphatic heterocycles. The molecule has 118 valence electrons. The molecule has 4 heteroatoms. The first-order valence-electron chi connectivity index (χ1n) is 7.83. The van der Waals surface area contributed by atoms with Gasteiger partial charge in [0, 0.05) is 6.54 Å². The van der Waals surface area contributed by atoms with Gasteiger partial charge in [-0.2, -0.15) is 0 Å². The fourth-order valence-electron chi connectivity index (χ4n) is 2.34. The van der Waals surface area contributed by atoms with Crippen LogP contribution in [0.3, 0.4) is 0 Å². The molecule has 4 nitrogen and oxygen atoms in total. The summed E-state index contributed by atoms with van der Waals surface area (Å²) in [5.74, 6) is -0.994. The molecule has 1 aromatic carbocycles. The van der Waals surface area contributed by atoms with Gasteiger partial charge in [0.1, 0.15) is 6.04 Å². The zero-order chi connectivity index (χ0) is 15.5. The van der Waals surface area contributed by atoms with Gasteiger partial charge in [-0.1, -0.05) is 69.4 Å². The number of benzene rings is 1. The Balaban J connectivity index is 2.36. The van der Waals surface area contributed by atoms with Crippen LogP contribution in [0.5, 0.6) is 0 Å². The lowest BCUT2D eigenvalue weighted by atomic mass is 10.0. The highest BCUT2D eigenvalue weighted by molar-refractivity contribution is 5.74. The van der Waals surface area contributed by atoms with Gasteiger partial charge in [-0.05, 0) is 12.0 Å². The Bertz CT molecular complexity index is 394. The van der Waals surface area contributed by atoms with Gasteiger partial charge in [0.15, 0.2) is 0 Å². The normalized spacial score (nSPS) is 13.8. The van der Waals surface area contributed by atoms with E-state index in [9.17, 15) is 15.0 Å². The summed E-state index contributed by atoms with van der Waals surface area (Å²) in [6, 6.07) is 8.71. The maximum Gasteiger partial charge on any atom is 0.323 e. The molecule has 3 N–H and O–H groups in total. The van der Waals surface area contributed by atoms with E-state index in [0.29, 0.717) is 13.0 Å². The number of aliphatic hydroxyl groups excluding tert-OH is 1. The van der Waals surface area contributed by atoms with E-state index in [1.165, 1.54) is 12.8 Å². The summed E-state index contributed by atoms with van der Waals surface area (Å²) in [4.78, 5) is 11.3. The van der Waals surface area contributed by atoms with Crippen LogP contribution in [-0.4, -0.2) is 28.3 Å². The van der Waals surface area contributed by atoms with Crippen LogP contribution in [-0.2, 0) is 11.3 Å². The van der Waals surface area contributed by atoms with E-state index < -0.39 is 18.1 Å². The van der Waals surface area contributed by atoms with Crippen molar-refractivity contribution in [3.63, 3.8) is 0 Å². The standard InChI is InChI=1S/C17H27NO3/c1-2-3-4-5-9-12-15(19)16(17(20)21)18-13-14-10-7-6-8-11-14/h6-8,10-11,15-16,18-19H,2-5,9,12-13H2,1H3,(H,20,21)/t15-,16-/m1/s1. The zero-order valence-corrected chi connectivity index (χ0v) is 12.8. The Morgan fingerprint density at radius 2 is 1.81 bits per heavy atom. The van der Waals surface area contributed by atoms with Gasteiger partial charge < -0.3 is 10.2 Å². The summed E-state index contributed by atoms with van der Waals surface area (Å²) in [7, 11) is 0. The number of aliphatic carboxylic acids is 1. The van der Waals surface area contributed by atoms with E-state index in [1.54, 1.807) is 0 Å². The van der Waals surface area contributed by atoms with Crippen LogP contribution in [0.15, 0.2) is 30.3 Å². The molecule has 1 aromatic rings.